The molecule has 0 bridgehead atoms. The molecule has 82 valence electrons. The summed E-state index contributed by atoms with van der Waals surface area (Å²) in [6.07, 6.45) is 1.27. The summed E-state index contributed by atoms with van der Waals surface area (Å²) in [6, 6.07) is 7.28. The topological polar surface area (TPSA) is 12.0 Å². The van der Waals surface area contributed by atoms with Gasteiger partial charge in [0.2, 0.25) is 0 Å². The normalized spacial score (nSPS) is 26.6. The van der Waals surface area contributed by atoms with Crippen molar-refractivity contribution < 1.29 is 0 Å². The first-order valence-electron chi connectivity index (χ1n) is 5.30. The van der Waals surface area contributed by atoms with Crippen molar-refractivity contribution in [1.29, 1.82) is 0 Å². The number of hydrogen-bond donors (Lipinski definition) is 1. The fraction of sp³-hybridized carbons (Fsp3) is 0.500. The predicted molar refractivity (Wildman–Crippen MR) is 71.3 cm³/mol. The Bertz CT molecular complexity index is 353. The Morgan fingerprint density at radius 1 is 1.47 bits per heavy atom. The fourth-order valence-electron chi connectivity index (χ4n) is 1.72. The van der Waals surface area contributed by atoms with Crippen LogP contribution in [0.2, 0.25) is 0 Å². The standard InChI is InChI=1S/C12H16BrNS/c1-8-3-4-10(7-11(8)13)12-14-9(2)5-6-15-12/h3-4,7,9,12,14H,5-6H2,1-2H3. The first-order valence-corrected chi connectivity index (χ1v) is 7.14. The van der Waals surface area contributed by atoms with Gasteiger partial charge >= 0.3 is 0 Å². The maximum Gasteiger partial charge on any atom is 0.0791 e. The summed E-state index contributed by atoms with van der Waals surface area (Å²) in [5.41, 5.74) is 2.68. The number of nitrogens with one attached hydrogen (secondary N) is 1. The van der Waals surface area contributed by atoms with Crippen molar-refractivity contribution in [3.63, 3.8) is 0 Å². The fourth-order valence-corrected chi connectivity index (χ4v) is 3.51. The minimum absolute atomic E-state index is 0.464. The Balaban J connectivity index is 2.18. The van der Waals surface area contributed by atoms with Crippen molar-refractivity contribution in [2.75, 3.05) is 5.75 Å². The van der Waals surface area contributed by atoms with Gasteiger partial charge in [-0.25, -0.2) is 0 Å². The lowest BCUT2D eigenvalue weighted by atomic mass is 10.1. The van der Waals surface area contributed by atoms with E-state index in [0.717, 1.165) is 0 Å². The number of aryl methyl sites for hydroxylation is 1. The molecule has 1 aliphatic rings. The van der Waals surface area contributed by atoms with E-state index in [4.69, 9.17) is 0 Å². The molecule has 1 saturated heterocycles. The Morgan fingerprint density at radius 2 is 2.27 bits per heavy atom. The molecule has 0 amide bonds. The quantitative estimate of drug-likeness (QED) is 0.841. The molecule has 2 unspecified atom stereocenters. The van der Waals surface area contributed by atoms with Gasteiger partial charge in [0.15, 0.2) is 0 Å². The van der Waals surface area contributed by atoms with E-state index in [0.29, 0.717) is 11.4 Å². The van der Waals surface area contributed by atoms with Crippen LogP contribution in [-0.2, 0) is 0 Å². The molecular formula is C12H16BrNS. The van der Waals surface area contributed by atoms with Crippen molar-refractivity contribution in [2.24, 2.45) is 0 Å². The van der Waals surface area contributed by atoms with Crippen molar-refractivity contribution in [2.45, 2.75) is 31.7 Å². The second-order valence-electron chi connectivity index (χ2n) is 4.12. The van der Waals surface area contributed by atoms with Crippen molar-refractivity contribution in [3.8, 4) is 0 Å². The lowest BCUT2D eigenvalue weighted by Gasteiger charge is -2.28. The van der Waals surface area contributed by atoms with E-state index >= 15 is 0 Å². The lowest BCUT2D eigenvalue weighted by Crippen LogP contribution is -2.33. The monoisotopic (exact) mass is 285 g/mol. The summed E-state index contributed by atoms with van der Waals surface area (Å²) in [5.74, 6) is 1.25. The number of halogens is 1. The molecule has 1 aromatic rings. The second kappa shape index (κ2) is 4.89. The molecule has 1 aliphatic heterocycles. The molecule has 0 saturated carbocycles. The minimum Gasteiger partial charge on any atom is -0.299 e. The third-order valence-electron chi connectivity index (χ3n) is 2.77. The summed E-state index contributed by atoms with van der Waals surface area (Å²) in [6.45, 7) is 4.38. The molecule has 1 N–H and O–H groups in total. The van der Waals surface area contributed by atoms with Crippen molar-refractivity contribution in [3.05, 3.63) is 33.8 Å². The molecule has 1 fully saturated rings. The maximum absolute atomic E-state index is 3.62. The average molecular weight is 286 g/mol. The number of benzene rings is 1. The van der Waals surface area contributed by atoms with Gasteiger partial charge in [-0.15, -0.1) is 11.8 Å². The van der Waals surface area contributed by atoms with Gasteiger partial charge in [-0.1, -0.05) is 28.1 Å². The van der Waals surface area contributed by atoms with Crippen LogP contribution in [0.3, 0.4) is 0 Å². The van der Waals surface area contributed by atoms with E-state index in [-0.39, 0.29) is 0 Å². The molecule has 0 aliphatic carbocycles. The van der Waals surface area contributed by atoms with E-state index in [9.17, 15) is 0 Å². The molecule has 0 spiro atoms. The number of hydrogen-bond acceptors (Lipinski definition) is 2. The van der Waals surface area contributed by atoms with Crippen LogP contribution in [0.15, 0.2) is 22.7 Å². The average Bonchev–Trinajstić information content (AvgIpc) is 2.22. The molecular weight excluding hydrogens is 270 g/mol. The van der Waals surface area contributed by atoms with Crippen LogP contribution >= 0.6 is 27.7 Å². The van der Waals surface area contributed by atoms with E-state index < -0.39 is 0 Å². The molecule has 3 heteroatoms. The third-order valence-corrected chi connectivity index (χ3v) is 4.84. The highest BCUT2D eigenvalue weighted by atomic mass is 79.9. The summed E-state index contributed by atoms with van der Waals surface area (Å²) in [4.78, 5) is 0. The molecule has 0 aromatic heterocycles. The van der Waals surface area contributed by atoms with Crippen molar-refractivity contribution in [1.82, 2.24) is 5.32 Å². The van der Waals surface area contributed by atoms with Crippen molar-refractivity contribution >= 4 is 27.7 Å². The zero-order chi connectivity index (χ0) is 10.8. The van der Waals surface area contributed by atoms with Gasteiger partial charge in [0.05, 0.1) is 5.37 Å². The van der Waals surface area contributed by atoms with Crippen LogP contribution in [-0.4, -0.2) is 11.8 Å². The Morgan fingerprint density at radius 3 is 2.93 bits per heavy atom. The Hall–Kier alpha value is 0.01000. The molecule has 2 atom stereocenters. The minimum atomic E-state index is 0.464. The van der Waals surface area contributed by atoms with E-state index in [1.54, 1.807) is 0 Å². The summed E-state index contributed by atoms with van der Waals surface area (Å²) >= 11 is 5.59. The summed E-state index contributed by atoms with van der Waals surface area (Å²) in [7, 11) is 0. The van der Waals surface area contributed by atoms with Gasteiger partial charge < -0.3 is 0 Å². The first kappa shape index (κ1) is 11.5. The SMILES string of the molecule is Cc1ccc(C2NC(C)CCS2)cc1Br. The molecule has 2 rings (SSSR count). The first-order chi connectivity index (χ1) is 7.16. The zero-order valence-electron chi connectivity index (χ0n) is 9.09. The maximum atomic E-state index is 3.62. The number of rotatable bonds is 1. The van der Waals surface area contributed by atoms with Crippen LogP contribution in [0.25, 0.3) is 0 Å². The van der Waals surface area contributed by atoms with Gasteiger partial charge in [0.25, 0.3) is 0 Å². The highest BCUT2D eigenvalue weighted by molar-refractivity contribution is 9.10. The van der Waals surface area contributed by atoms with Gasteiger partial charge in [-0.3, -0.25) is 5.32 Å². The highest BCUT2D eigenvalue weighted by Gasteiger charge is 2.19. The van der Waals surface area contributed by atoms with E-state index in [1.807, 2.05) is 11.8 Å². The number of thioether (sulfide) groups is 1. The van der Waals surface area contributed by atoms with Gasteiger partial charge in [-0.05, 0) is 43.2 Å². The van der Waals surface area contributed by atoms with Crippen LogP contribution in [0.1, 0.15) is 29.8 Å². The van der Waals surface area contributed by atoms with Crippen LogP contribution < -0.4 is 5.32 Å². The van der Waals surface area contributed by atoms with Crippen LogP contribution in [0.5, 0.6) is 0 Å². The van der Waals surface area contributed by atoms with E-state index in [2.05, 4.69) is 53.3 Å². The molecule has 1 aromatic carbocycles. The van der Waals surface area contributed by atoms with Crippen LogP contribution in [0.4, 0.5) is 0 Å². The predicted octanol–water partition coefficient (Wildman–Crippen LogP) is 3.87. The van der Waals surface area contributed by atoms with E-state index in [1.165, 1.54) is 27.8 Å². The van der Waals surface area contributed by atoms with Gasteiger partial charge in [0.1, 0.15) is 0 Å². The van der Waals surface area contributed by atoms with Gasteiger partial charge in [0, 0.05) is 10.5 Å². The Labute approximate surface area is 104 Å². The molecule has 1 heterocycles. The zero-order valence-corrected chi connectivity index (χ0v) is 11.5. The molecule has 0 radical (unpaired) electrons. The lowest BCUT2D eigenvalue weighted by molar-refractivity contribution is 0.512. The smallest absolute Gasteiger partial charge is 0.0791 e. The van der Waals surface area contributed by atoms with Crippen LogP contribution in [0, 0.1) is 6.92 Å². The highest BCUT2D eigenvalue weighted by Crippen LogP contribution is 2.33. The molecule has 15 heavy (non-hydrogen) atoms. The largest absolute Gasteiger partial charge is 0.299 e. The van der Waals surface area contributed by atoms with Gasteiger partial charge in [-0.2, -0.15) is 0 Å². The second-order valence-corrected chi connectivity index (χ2v) is 6.18. The Kier molecular flexibility index (Phi) is 3.75. The summed E-state index contributed by atoms with van der Waals surface area (Å²) < 4.78 is 1.21. The summed E-state index contributed by atoms with van der Waals surface area (Å²) in [5, 5.41) is 4.08. The molecule has 1 nitrogen and oxygen atoms in total. The third kappa shape index (κ3) is 2.77.